The van der Waals surface area contributed by atoms with Crippen LogP contribution >= 0.6 is 0 Å². The number of rotatable bonds is 7. The third-order valence-corrected chi connectivity index (χ3v) is 4.07. The van der Waals surface area contributed by atoms with Crippen LogP contribution in [0.5, 0.6) is 0 Å². The third kappa shape index (κ3) is 4.94. The van der Waals surface area contributed by atoms with Crippen LogP contribution in [0.2, 0.25) is 0 Å². The van der Waals surface area contributed by atoms with Gasteiger partial charge in [0, 0.05) is 11.8 Å². The van der Waals surface area contributed by atoms with Crippen molar-refractivity contribution in [3.05, 3.63) is 32.6 Å². The maximum Gasteiger partial charge on any atom is 0.408 e. The zero-order valence-electron chi connectivity index (χ0n) is 15.0. The number of alkyl carbamates (subject to hydrolysis) is 1. The van der Waals surface area contributed by atoms with Gasteiger partial charge in [-0.2, -0.15) is 5.26 Å². The van der Waals surface area contributed by atoms with Gasteiger partial charge in [0.2, 0.25) is 0 Å². The van der Waals surface area contributed by atoms with Gasteiger partial charge in [0.15, 0.2) is 6.23 Å². The highest BCUT2D eigenvalue weighted by molar-refractivity contribution is 5.66. The first-order chi connectivity index (χ1) is 12.9. The number of amides is 1. The molecule has 4 atom stereocenters. The molecule has 27 heavy (non-hydrogen) atoms. The second-order valence-corrected chi connectivity index (χ2v) is 5.94. The number of aryl methyl sites for hydroxylation is 1. The van der Waals surface area contributed by atoms with Gasteiger partial charge in [-0.15, -0.1) is 0 Å². The molecule has 1 aromatic rings. The number of aliphatic hydroxyl groups excluding tert-OH is 1. The molecule has 2 heterocycles. The first kappa shape index (κ1) is 20.6. The van der Waals surface area contributed by atoms with E-state index >= 15 is 0 Å². The first-order valence-electron chi connectivity index (χ1n) is 8.43. The lowest BCUT2D eigenvalue weighted by molar-refractivity contribution is -0.0745. The van der Waals surface area contributed by atoms with Gasteiger partial charge in [-0.25, -0.2) is 9.59 Å². The molecule has 0 bridgehead atoms. The van der Waals surface area contributed by atoms with E-state index in [0.717, 1.165) is 4.57 Å². The standard InChI is InChI=1S/C16H22N4O7/c1-3-10-11(21)12(26-8-18-16(24)25-6-4-5-17)14(27-10)20-7-9(2)13(22)19-15(20)23/h7,10-12,14,21H,3-4,6,8H2,1-2H3,(H,18,24)(H,19,22,23)/t10-,11?,12?,14-/m1/s1. The van der Waals surface area contributed by atoms with Gasteiger partial charge < -0.3 is 19.3 Å². The van der Waals surface area contributed by atoms with Crippen molar-refractivity contribution < 1.29 is 24.1 Å². The molecule has 2 rings (SSSR count). The average molecular weight is 382 g/mol. The lowest BCUT2D eigenvalue weighted by Crippen LogP contribution is -2.41. The molecule has 1 fully saturated rings. The minimum Gasteiger partial charge on any atom is -0.448 e. The minimum atomic E-state index is -1.05. The normalized spacial score (nSPS) is 24.4. The number of nitrogens with one attached hydrogen (secondary N) is 2. The highest BCUT2D eigenvalue weighted by Gasteiger charge is 2.45. The number of carbonyl (C=O) groups excluding carboxylic acids is 1. The quantitative estimate of drug-likeness (QED) is 0.421. The van der Waals surface area contributed by atoms with Gasteiger partial charge in [-0.3, -0.25) is 19.7 Å². The van der Waals surface area contributed by atoms with Crippen molar-refractivity contribution in [2.75, 3.05) is 13.3 Å². The lowest BCUT2D eigenvalue weighted by Gasteiger charge is -2.22. The molecule has 1 aliphatic heterocycles. The predicted octanol–water partition coefficient (Wildman–Crippen LogP) is -0.504. The van der Waals surface area contributed by atoms with E-state index in [9.17, 15) is 19.5 Å². The zero-order valence-corrected chi connectivity index (χ0v) is 15.0. The summed E-state index contributed by atoms with van der Waals surface area (Å²) in [5, 5.41) is 21.1. The summed E-state index contributed by atoms with van der Waals surface area (Å²) in [6.07, 6.45) is -2.48. The van der Waals surface area contributed by atoms with Gasteiger partial charge in [0.05, 0.1) is 18.6 Å². The van der Waals surface area contributed by atoms with Crippen LogP contribution in [0.4, 0.5) is 4.79 Å². The monoisotopic (exact) mass is 382 g/mol. The van der Waals surface area contributed by atoms with Crippen LogP contribution in [0.3, 0.4) is 0 Å². The molecule has 0 saturated carbocycles. The predicted molar refractivity (Wildman–Crippen MR) is 90.7 cm³/mol. The van der Waals surface area contributed by atoms with Crippen LogP contribution in [0.15, 0.2) is 15.8 Å². The Hall–Kier alpha value is -2.68. The second-order valence-electron chi connectivity index (χ2n) is 5.94. The molecule has 11 heteroatoms. The van der Waals surface area contributed by atoms with Crippen LogP contribution in [-0.4, -0.2) is 52.4 Å². The van der Waals surface area contributed by atoms with Crippen LogP contribution in [0, 0.1) is 18.3 Å². The van der Waals surface area contributed by atoms with Crippen molar-refractivity contribution >= 4 is 6.09 Å². The molecule has 1 amide bonds. The molecular formula is C16H22N4O7. The SMILES string of the molecule is CC[C@H]1O[C@@H](n2cc(C)c(=O)[nH]c2=O)C(OCNC(=O)OCCC#N)C1O. The van der Waals surface area contributed by atoms with Crippen LogP contribution in [0.25, 0.3) is 0 Å². The Morgan fingerprint density at radius 1 is 1.52 bits per heavy atom. The Bertz CT molecular complexity index is 812. The van der Waals surface area contributed by atoms with E-state index in [1.807, 2.05) is 6.07 Å². The number of aromatic nitrogens is 2. The summed E-state index contributed by atoms with van der Waals surface area (Å²) < 4.78 is 17.1. The highest BCUT2D eigenvalue weighted by Crippen LogP contribution is 2.32. The highest BCUT2D eigenvalue weighted by atomic mass is 16.6. The van der Waals surface area contributed by atoms with Crippen LogP contribution in [0.1, 0.15) is 31.6 Å². The number of H-pyrrole nitrogens is 1. The Kier molecular flexibility index (Phi) is 7.12. The summed E-state index contributed by atoms with van der Waals surface area (Å²) in [4.78, 5) is 37.3. The van der Waals surface area contributed by atoms with Crippen molar-refractivity contribution in [2.24, 2.45) is 0 Å². The first-order valence-corrected chi connectivity index (χ1v) is 8.43. The molecule has 2 unspecified atom stereocenters. The molecule has 3 N–H and O–H groups in total. The topological polar surface area (TPSA) is 156 Å². The summed E-state index contributed by atoms with van der Waals surface area (Å²) in [5.41, 5.74) is -0.913. The molecule has 0 radical (unpaired) electrons. The van der Waals surface area contributed by atoms with E-state index in [4.69, 9.17) is 19.5 Å². The van der Waals surface area contributed by atoms with Gasteiger partial charge in [-0.1, -0.05) is 6.92 Å². The van der Waals surface area contributed by atoms with Gasteiger partial charge in [0.1, 0.15) is 25.5 Å². The number of ether oxygens (including phenoxy) is 3. The van der Waals surface area contributed by atoms with Gasteiger partial charge in [0.25, 0.3) is 5.56 Å². The fourth-order valence-electron chi connectivity index (χ4n) is 2.67. The Labute approximate surface area is 154 Å². The fraction of sp³-hybridized carbons (Fsp3) is 0.625. The van der Waals surface area contributed by atoms with Crippen LogP contribution < -0.4 is 16.6 Å². The van der Waals surface area contributed by atoms with Gasteiger partial charge >= 0.3 is 11.8 Å². The summed E-state index contributed by atoms with van der Waals surface area (Å²) in [7, 11) is 0. The summed E-state index contributed by atoms with van der Waals surface area (Å²) >= 11 is 0. The number of nitriles is 1. The number of nitrogens with zero attached hydrogens (tertiary/aromatic N) is 2. The fourth-order valence-corrected chi connectivity index (χ4v) is 2.67. The molecule has 1 saturated heterocycles. The van der Waals surface area contributed by atoms with Crippen molar-refractivity contribution in [3.63, 3.8) is 0 Å². The number of aromatic amines is 1. The minimum absolute atomic E-state index is 0.0515. The van der Waals surface area contributed by atoms with E-state index in [1.54, 1.807) is 6.92 Å². The number of hydrogen-bond acceptors (Lipinski definition) is 8. The zero-order chi connectivity index (χ0) is 20.0. The molecule has 1 aromatic heterocycles. The van der Waals surface area contributed by atoms with Crippen molar-refractivity contribution in [2.45, 2.75) is 51.2 Å². The Morgan fingerprint density at radius 2 is 2.26 bits per heavy atom. The van der Waals surface area contributed by atoms with Crippen molar-refractivity contribution in [1.29, 1.82) is 5.26 Å². The van der Waals surface area contributed by atoms with Crippen molar-refractivity contribution in [3.8, 4) is 6.07 Å². The van der Waals surface area contributed by atoms with E-state index < -0.39 is 41.9 Å². The largest absolute Gasteiger partial charge is 0.448 e. The summed E-state index contributed by atoms with van der Waals surface area (Å²) in [5.74, 6) is 0. The Balaban J connectivity index is 2.09. The number of aliphatic hydroxyl groups is 1. The van der Waals surface area contributed by atoms with Crippen molar-refractivity contribution in [1.82, 2.24) is 14.9 Å². The average Bonchev–Trinajstić information content (AvgIpc) is 2.94. The van der Waals surface area contributed by atoms with E-state index in [-0.39, 0.29) is 19.8 Å². The van der Waals surface area contributed by atoms with Gasteiger partial charge in [-0.05, 0) is 13.3 Å². The lowest BCUT2D eigenvalue weighted by atomic mass is 10.1. The molecule has 1 aliphatic rings. The molecule has 0 aliphatic carbocycles. The molecule has 0 aromatic carbocycles. The Morgan fingerprint density at radius 3 is 2.93 bits per heavy atom. The molecule has 148 valence electrons. The van der Waals surface area contributed by atoms with E-state index in [2.05, 4.69) is 10.3 Å². The number of carbonyl (C=O) groups is 1. The summed E-state index contributed by atoms with van der Waals surface area (Å²) in [6, 6.07) is 1.84. The third-order valence-electron chi connectivity index (χ3n) is 4.07. The molecular weight excluding hydrogens is 360 g/mol. The molecule has 11 nitrogen and oxygen atoms in total. The molecule has 0 spiro atoms. The van der Waals surface area contributed by atoms with E-state index in [1.165, 1.54) is 13.1 Å². The van der Waals surface area contributed by atoms with Crippen LogP contribution in [-0.2, 0) is 14.2 Å². The number of hydrogen-bond donors (Lipinski definition) is 3. The van der Waals surface area contributed by atoms with E-state index in [0.29, 0.717) is 12.0 Å². The maximum atomic E-state index is 12.1. The smallest absolute Gasteiger partial charge is 0.408 e. The second kappa shape index (κ2) is 9.31. The maximum absolute atomic E-state index is 12.1. The summed E-state index contributed by atoms with van der Waals surface area (Å²) in [6.45, 7) is 2.98.